The van der Waals surface area contributed by atoms with E-state index in [1.54, 1.807) is 0 Å². The monoisotopic (exact) mass is 125 g/mol. The molecular formula is C8H15N. The Morgan fingerprint density at radius 3 is 2.67 bits per heavy atom. The zero-order valence-electron chi connectivity index (χ0n) is 6.28. The molecule has 52 valence electrons. The molecule has 0 rings (SSSR count). The zero-order chi connectivity index (χ0) is 7.11. The second-order valence-electron chi connectivity index (χ2n) is 2.28. The molecule has 0 aromatic carbocycles. The van der Waals surface area contributed by atoms with E-state index in [2.05, 4.69) is 5.73 Å². The van der Waals surface area contributed by atoms with Gasteiger partial charge in [-0.3, -0.25) is 0 Å². The molecule has 0 fully saturated rings. The first kappa shape index (κ1) is 8.48. The molecule has 0 aliphatic rings. The molecule has 1 heteroatoms. The maximum absolute atomic E-state index is 5.29. The fraction of sp³-hybridized carbons (Fsp3) is 0.625. The molecule has 0 atom stereocenters. The lowest BCUT2D eigenvalue weighted by atomic mass is 10.3. The van der Waals surface area contributed by atoms with Gasteiger partial charge >= 0.3 is 0 Å². The summed E-state index contributed by atoms with van der Waals surface area (Å²) in [5.74, 6) is 0. The summed E-state index contributed by atoms with van der Waals surface area (Å²) >= 11 is 0. The average molecular weight is 125 g/mol. The maximum Gasteiger partial charge on any atom is -0.00741 e. The highest BCUT2D eigenvalue weighted by molar-refractivity contribution is 4.93. The van der Waals surface area contributed by atoms with Crippen LogP contribution < -0.4 is 5.73 Å². The molecule has 2 N–H and O–H groups in total. The average Bonchev–Trinajstić information content (AvgIpc) is 1.80. The normalized spacial score (nSPS) is 8.33. The second-order valence-corrected chi connectivity index (χ2v) is 2.28. The van der Waals surface area contributed by atoms with Gasteiger partial charge in [0.1, 0.15) is 0 Å². The van der Waals surface area contributed by atoms with Crippen LogP contribution in [0, 0.1) is 0 Å². The number of hydrogen-bond acceptors (Lipinski definition) is 1. The third kappa shape index (κ3) is 7.48. The summed E-state index contributed by atoms with van der Waals surface area (Å²) in [6.45, 7) is 4.86. The van der Waals surface area contributed by atoms with Gasteiger partial charge < -0.3 is 5.73 Å². The third-order valence-corrected chi connectivity index (χ3v) is 0.943. The Kier molecular flexibility index (Phi) is 5.29. The summed E-state index contributed by atoms with van der Waals surface area (Å²) in [6, 6.07) is 0. The van der Waals surface area contributed by atoms with Crippen LogP contribution in [-0.2, 0) is 0 Å². The molecule has 0 aliphatic heterocycles. The standard InChI is InChI=1S/C8H15N/c1-8(2)6-4-3-5-7-9/h4H,3,5,7,9H2,1-2H3. The molecular weight excluding hydrogens is 110 g/mol. The van der Waals surface area contributed by atoms with Gasteiger partial charge in [-0.2, -0.15) is 0 Å². The molecule has 0 spiro atoms. The lowest BCUT2D eigenvalue weighted by Gasteiger charge is -1.84. The van der Waals surface area contributed by atoms with E-state index in [1.807, 2.05) is 19.9 Å². The van der Waals surface area contributed by atoms with E-state index in [4.69, 9.17) is 5.73 Å². The predicted molar refractivity (Wildman–Crippen MR) is 41.2 cm³/mol. The Bertz CT molecular complexity index is 115. The Labute approximate surface area is 57.3 Å². The van der Waals surface area contributed by atoms with Crippen LogP contribution >= 0.6 is 0 Å². The van der Waals surface area contributed by atoms with Gasteiger partial charge in [0, 0.05) is 0 Å². The minimum Gasteiger partial charge on any atom is -0.330 e. The number of rotatable bonds is 3. The summed E-state index contributed by atoms with van der Waals surface area (Å²) < 4.78 is 0. The van der Waals surface area contributed by atoms with E-state index in [0.29, 0.717) is 0 Å². The maximum atomic E-state index is 5.29. The van der Waals surface area contributed by atoms with Crippen LogP contribution in [0.15, 0.2) is 17.4 Å². The van der Waals surface area contributed by atoms with Crippen molar-refractivity contribution in [2.45, 2.75) is 26.7 Å². The van der Waals surface area contributed by atoms with Crippen molar-refractivity contribution in [1.29, 1.82) is 0 Å². The molecule has 0 saturated heterocycles. The summed E-state index contributed by atoms with van der Waals surface area (Å²) in [7, 11) is 0. The van der Waals surface area contributed by atoms with E-state index in [0.717, 1.165) is 19.4 Å². The summed E-state index contributed by atoms with van der Waals surface area (Å²) in [5, 5.41) is 0. The minimum absolute atomic E-state index is 0.779. The topological polar surface area (TPSA) is 26.0 Å². The molecule has 0 bridgehead atoms. The van der Waals surface area contributed by atoms with Crippen LogP contribution in [0.3, 0.4) is 0 Å². The lowest BCUT2D eigenvalue weighted by Crippen LogP contribution is -1.96. The Morgan fingerprint density at radius 1 is 1.56 bits per heavy atom. The number of allylic oxidation sites excluding steroid dienone is 1. The smallest absolute Gasteiger partial charge is 0.00741 e. The molecule has 0 saturated carbocycles. The molecule has 1 nitrogen and oxygen atoms in total. The predicted octanol–water partition coefficient (Wildman–Crippen LogP) is 1.85. The van der Waals surface area contributed by atoms with Crippen molar-refractivity contribution in [2.75, 3.05) is 6.54 Å². The third-order valence-electron chi connectivity index (χ3n) is 0.943. The molecule has 9 heavy (non-hydrogen) atoms. The van der Waals surface area contributed by atoms with E-state index >= 15 is 0 Å². The van der Waals surface area contributed by atoms with Crippen molar-refractivity contribution in [2.24, 2.45) is 5.73 Å². The van der Waals surface area contributed by atoms with Gasteiger partial charge in [-0.1, -0.05) is 0 Å². The first-order valence-electron chi connectivity index (χ1n) is 3.36. The molecule has 0 radical (unpaired) electrons. The summed E-state index contributed by atoms with van der Waals surface area (Å²) in [5.41, 5.74) is 9.64. The number of unbranched alkanes of at least 4 members (excludes halogenated alkanes) is 1. The fourth-order valence-electron chi connectivity index (χ4n) is 0.496. The fourth-order valence-corrected chi connectivity index (χ4v) is 0.496. The van der Waals surface area contributed by atoms with Crippen molar-refractivity contribution in [3.8, 4) is 0 Å². The zero-order valence-corrected chi connectivity index (χ0v) is 6.28. The summed E-state index contributed by atoms with van der Waals surface area (Å²) in [4.78, 5) is 0. The van der Waals surface area contributed by atoms with E-state index in [9.17, 15) is 0 Å². The second kappa shape index (κ2) is 5.61. The van der Waals surface area contributed by atoms with Gasteiger partial charge in [-0.25, -0.2) is 0 Å². The highest BCUT2D eigenvalue weighted by Gasteiger charge is 1.75. The van der Waals surface area contributed by atoms with Crippen molar-refractivity contribution < 1.29 is 0 Å². The molecule has 0 aromatic heterocycles. The van der Waals surface area contributed by atoms with Gasteiger partial charge in [0.05, 0.1) is 0 Å². The Morgan fingerprint density at radius 2 is 2.22 bits per heavy atom. The molecule has 0 heterocycles. The van der Waals surface area contributed by atoms with E-state index in [1.165, 1.54) is 5.57 Å². The molecule has 0 aliphatic carbocycles. The molecule has 0 amide bonds. The van der Waals surface area contributed by atoms with Crippen molar-refractivity contribution in [3.63, 3.8) is 0 Å². The molecule has 0 aromatic rings. The number of nitrogens with two attached hydrogens (primary N) is 1. The van der Waals surface area contributed by atoms with Crippen molar-refractivity contribution in [3.05, 3.63) is 17.4 Å². The summed E-state index contributed by atoms with van der Waals surface area (Å²) in [6.07, 6.45) is 4.17. The first-order valence-corrected chi connectivity index (χ1v) is 3.36. The van der Waals surface area contributed by atoms with Crippen molar-refractivity contribution >= 4 is 0 Å². The van der Waals surface area contributed by atoms with Crippen LogP contribution in [0.1, 0.15) is 26.7 Å². The van der Waals surface area contributed by atoms with Crippen LogP contribution in [-0.4, -0.2) is 6.54 Å². The van der Waals surface area contributed by atoms with E-state index in [-0.39, 0.29) is 0 Å². The van der Waals surface area contributed by atoms with Gasteiger partial charge in [-0.15, -0.1) is 5.73 Å². The lowest BCUT2D eigenvalue weighted by molar-refractivity contribution is 0.855. The van der Waals surface area contributed by atoms with Gasteiger partial charge in [0.15, 0.2) is 0 Å². The van der Waals surface area contributed by atoms with Crippen LogP contribution in [0.25, 0.3) is 0 Å². The van der Waals surface area contributed by atoms with Crippen molar-refractivity contribution in [1.82, 2.24) is 0 Å². The minimum atomic E-state index is 0.779. The molecule has 0 unspecified atom stereocenters. The van der Waals surface area contributed by atoms with Crippen LogP contribution in [0.4, 0.5) is 0 Å². The quantitative estimate of drug-likeness (QED) is 0.452. The Hall–Kier alpha value is -0.520. The van der Waals surface area contributed by atoms with E-state index < -0.39 is 0 Å². The Balaban J connectivity index is 3.36. The van der Waals surface area contributed by atoms with Gasteiger partial charge in [0.2, 0.25) is 0 Å². The van der Waals surface area contributed by atoms with Crippen LogP contribution in [0.5, 0.6) is 0 Å². The highest BCUT2D eigenvalue weighted by atomic mass is 14.5. The number of hydrogen-bond donors (Lipinski definition) is 1. The van der Waals surface area contributed by atoms with Gasteiger partial charge in [0.25, 0.3) is 0 Å². The van der Waals surface area contributed by atoms with Crippen LogP contribution in [0.2, 0.25) is 0 Å². The highest BCUT2D eigenvalue weighted by Crippen LogP contribution is 1.89. The van der Waals surface area contributed by atoms with Gasteiger partial charge in [-0.05, 0) is 44.9 Å². The largest absolute Gasteiger partial charge is 0.330 e. The first-order chi connectivity index (χ1) is 4.27. The SMILES string of the molecule is CC(C)=C=CCCCN.